The first kappa shape index (κ1) is 18.0. The molecule has 2 aromatic heterocycles. The molecule has 0 saturated carbocycles. The van der Waals surface area contributed by atoms with Crippen molar-refractivity contribution in [1.82, 2.24) is 24.1 Å². The highest BCUT2D eigenvalue weighted by molar-refractivity contribution is 5.78. The molecule has 0 unspecified atom stereocenters. The van der Waals surface area contributed by atoms with Crippen molar-refractivity contribution in [3.63, 3.8) is 0 Å². The van der Waals surface area contributed by atoms with E-state index in [1.807, 2.05) is 45.2 Å². The second kappa shape index (κ2) is 6.64. The van der Waals surface area contributed by atoms with Crippen LogP contribution in [0.15, 0.2) is 39.9 Å². The molecule has 28 heavy (non-hydrogen) atoms. The summed E-state index contributed by atoms with van der Waals surface area (Å²) >= 11 is 0. The number of carbonyl (C=O) groups is 1. The Morgan fingerprint density at radius 2 is 1.96 bits per heavy atom. The third-order valence-corrected chi connectivity index (χ3v) is 4.97. The smallest absolute Gasteiger partial charge is 0.312 e. The molecule has 4 rings (SSSR count). The Kier molecular flexibility index (Phi) is 4.27. The normalized spacial score (nSPS) is 16.2. The Morgan fingerprint density at radius 3 is 2.64 bits per heavy atom. The minimum absolute atomic E-state index is 0.252. The average Bonchev–Trinajstić information content (AvgIpc) is 3.09. The van der Waals surface area contributed by atoms with Crippen LogP contribution in [0, 0.1) is 5.92 Å². The van der Waals surface area contributed by atoms with Crippen LogP contribution in [0.5, 0.6) is 0 Å². The zero-order valence-corrected chi connectivity index (χ0v) is 15.6. The second-order valence-electron chi connectivity index (χ2n) is 7.05. The van der Waals surface area contributed by atoms with Crippen LogP contribution in [-0.2, 0) is 24.9 Å². The third-order valence-electron chi connectivity index (χ3n) is 4.97. The van der Waals surface area contributed by atoms with Crippen LogP contribution in [0.3, 0.4) is 0 Å². The molecule has 1 aliphatic heterocycles. The van der Waals surface area contributed by atoms with E-state index in [1.54, 1.807) is 0 Å². The molecule has 3 aromatic rings. The number of para-hydroxylation sites is 1. The van der Waals surface area contributed by atoms with E-state index >= 15 is 0 Å². The molecule has 10 heteroatoms. The molecule has 0 saturated heterocycles. The van der Waals surface area contributed by atoms with Gasteiger partial charge in [0.15, 0.2) is 11.2 Å². The van der Waals surface area contributed by atoms with E-state index in [0.29, 0.717) is 23.7 Å². The van der Waals surface area contributed by atoms with Gasteiger partial charge in [-0.3, -0.25) is 19.6 Å². The Bertz CT molecular complexity index is 1180. The second-order valence-corrected chi connectivity index (χ2v) is 7.05. The average molecular weight is 383 g/mol. The molecular weight excluding hydrogens is 362 g/mol. The number of hydrogen-bond acceptors (Lipinski definition) is 6. The Balaban J connectivity index is 1.99. The van der Waals surface area contributed by atoms with Gasteiger partial charge >= 0.3 is 5.69 Å². The number of imidazole rings is 1. The number of hydrazine groups is 1. The van der Waals surface area contributed by atoms with Gasteiger partial charge in [-0.15, -0.1) is 0 Å². The van der Waals surface area contributed by atoms with Crippen molar-refractivity contribution in [1.29, 1.82) is 0 Å². The van der Waals surface area contributed by atoms with E-state index in [4.69, 9.17) is 5.84 Å². The van der Waals surface area contributed by atoms with Gasteiger partial charge in [0.2, 0.25) is 5.95 Å². The summed E-state index contributed by atoms with van der Waals surface area (Å²) in [6.07, 6.45) is 0. The maximum absolute atomic E-state index is 13.1. The van der Waals surface area contributed by atoms with Crippen LogP contribution in [0.4, 0.5) is 11.6 Å². The van der Waals surface area contributed by atoms with Crippen LogP contribution < -0.4 is 27.4 Å². The summed E-state index contributed by atoms with van der Waals surface area (Å²) in [5.41, 5.74) is 2.33. The van der Waals surface area contributed by atoms with Gasteiger partial charge in [-0.2, -0.15) is 4.98 Å². The van der Waals surface area contributed by atoms with Crippen molar-refractivity contribution in [2.24, 2.45) is 18.8 Å². The van der Waals surface area contributed by atoms with Crippen molar-refractivity contribution >= 4 is 28.7 Å². The highest BCUT2D eigenvalue weighted by Gasteiger charge is 2.29. The number of nitrogens with one attached hydrogen (secondary N) is 1. The summed E-state index contributed by atoms with van der Waals surface area (Å²) in [5, 5.41) is 0. The summed E-state index contributed by atoms with van der Waals surface area (Å²) in [5.74, 6) is 5.34. The molecule has 0 fully saturated rings. The molecule has 10 nitrogen and oxygen atoms in total. The maximum Gasteiger partial charge on any atom is 0.332 e. The number of aromatic nitrogens is 4. The quantitative estimate of drug-likeness (QED) is 0.363. The van der Waals surface area contributed by atoms with Gasteiger partial charge < -0.3 is 9.47 Å². The number of anilines is 2. The number of hydrogen-bond donors (Lipinski definition) is 2. The maximum atomic E-state index is 13.1. The minimum atomic E-state index is -0.629. The number of aryl methyl sites for hydroxylation is 1. The summed E-state index contributed by atoms with van der Waals surface area (Å²) < 4.78 is 4.00. The van der Waals surface area contributed by atoms with Crippen LogP contribution in [0.25, 0.3) is 11.2 Å². The monoisotopic (exact) mass is 383 g/mol. The van der Waals surface area contributed by atoms with E-state index in [9.17, 15) is 14.4 Å². The van der Waals surface area contributed by atoms with Crippen LogP contribution in [-0.4, -0.2) is 31.1 Å². The standard InChI is InChI=1S/C18H21N7O3/c1-11-8-23(12-6-4-3-5-7-12)17-20-15-14(24(17)9-11)16(27)25(10-13(26)21-19)18(28)22(15)2/h3-7,11H,8-10,19H2,1-2H3,(H,21,26)/t11-/m1/s1. The summed E-state index contributed by atoms with van der Waals surface area (Å²) in [6.45, 7) is 2.97. The number of nitrogens with two attached hydrogens (primary N) is 1. The van der Waals surface area contributed by atoms with E-state index in [2.05, 4.69) is 11.9 Å². The van der Waals surface area contributed by atoms with Gasteiger partial charge in [0.05, 0.1) is 0 Å². The molecule has 1 aliphatic rings. The van der Waals surface area contributed by atoms with Crippen LogP contribution in [0.1, 0.15) is 6.92 Å². The lowest BCUT2D eigenvalue weighted by Crippen LogP contribution is -2.45. The molecular formula is C18H21N7O3. The van der Waals surface area contributed by atoms with Crippen molar-refractivity contribution < 1.29 is 4.79 Å². The van der Waals surface area contributed by atoms with E-state index < -0.39 is 23.7 Å². The first-order chi connectivity index (χ1) is 13.4. The fraction of sp³-hybridized carbons (Fsp3) is 0.333. The SMILES string of the molecule is C[C@@H]1CN(c2ccccc2)c2nc3c(c(=O)n(CC(=O)NN)c(=O)n3C)n2C1. The van der Waals surface area contributed by atoms with Crippen molar-refractivity contribution in [3.05, 3.63) is 51.2 Å². The molecule has 0 spiro atoms. The molecule has 3 heterocycles. The third kappa shape index (κ3) is 2.69. The molecule has 1 amide bonds. The molecule has 0 bridgehead atoms. The lowest BCUT2D eigenvalue weighted by Gasteiger charge is -2.32. The summed E-state index contributed by atoms with van der Waals surface area (Å²) in [4.78, 5) is 44.0. The molecule has 146 valence electrons. The van der Waals surface area contributed by atoms with Gasteiger partial charge in [-0.05, 0) is 18.1 Å². The van der Waals surface area contributed by atoms with E-state index in [0.717, 1.165) is 16.8 Å². The van der Waals surface area contributed by atoms with Crippen LogP contribution in [0.2, 0.25) is 0 Å². The molecule has 1 atom stereocenters. The Hall–Kier alpha value is -3.40. The van der Waals surface area contributed by atoms with E-state index in [-0.39, 0.29) is 5.92 Å². The number of carbonyl (C=O) groups excluding carboxylic acids is 1. The molecule has 0 aliphatic carbocycles. The number of fused-ring (bicyclic) bond motifs is 3. The lowest BCUT2D eigenvalue weighted by atomic mass is 10.1. The zero-order valence-electron chi connectivity index (χ0n) is 15.6. The first-order valence-corrected chi connectivity index (χ1v) is 8.94. The summed E-state index contributed by atoms with van der Waals surface area (Å²) in [6, 6.07) is 9.77. The largest absolute Gasteiger partial charge is 0.332 e. The zero-order chi connectivity index (χ0) is 20.0. The van der Waals surface area contributed by atoms with Gasteiger partial charge in [0, 0.05) is 25.8 Å². The Labute approximate surface area is 159 Å². The van der Waals surface area contributed by atoms with Crippen molar-refractivity contribution in [3.8, 4) is 0 Å². The van der Waals surface area contributed by atoms with Gasteiger partial charge in [-0.1, -0.05) is 25.1 Å². The highest BCUT2D eigenvalue weighted by Crippen LogP contribution is 2.32. The molecule has 0 radical (unpaired) electrons. The predicted octanol–water partition coefficient (Wildman–Crippen LogP) is -0.326. The fourth-order valence-electron chi connectivity index (χ4n) is 3.66. The van der Waals surface area contributed by atoms with Gasteiger partial charge in [-0.25, -0.2) is 15.2 Å². The minimum Gasteiger partial charge on any atom is -0.312 e. The van der Waals surface area contributed by atoms with Crippen molar-refractivity contribution in [2.75, 3.05) is 11.4 Å². The Morgan fingerprint density at radius 1 is 1.25 bits per heavy atom. The summed E-state index contributed by atoms with van der Waals surface area (Å²) in [7, 11) is 1.54. The van der Waals surface area contributed by atoms with Gasteiger partial charge in [0.1, 0.15) is 6.54 Å². The number of amides is 1. The fourth-order valence-corrected chi connectivity index (χ4v) is 3.66. The number of nitrogens with zero attached hydrogens (tertiary/aromatic N) is 5. The first-order valence-electron chi connectivity index (χ1n) is 8.94. The van der Waals surface area contributed by atoms with Crippen molar-refractivity contribution in [2.45, 2.75) is 20.0 Å². The topological polar surface area (TPSA) is 120 Å². The van der Waals surface area contributed by atoms with E-state index in [1.165, 1.54) is 11.6 Å². The lowest BCUT2D eigenvalue weighted by molar-refractivity contribution is -0.121. The van der Waals surface area contributed by atoms with Crippen LogP contribution >= 0.6 is 0 Å². The number of benzene rings is 1. The molecule has 3 N–H and O–H groups in total. The number of rotatable bonds is 3. The van der Waals surface area contributed by atoms with Gasteiger partial charge in [0.25, 0.3) is 11.5 Å². The highest BCUT2D eigenvalue weighted by atomic mass is 16.2. The molecule has 1 aromatic carbocycles. The predicted molar refractivity (Wildman–Crippen MR) is 104 cm³/mol.